The standard InChI is InChI=1S/C18H22N4O4S/c1-3-18(2)7-12-13(10-26-18)27-16-15(12)17(24)22(21-20-16)9-14(23)19-8-11-5-4-6-25-11/h4-6,15-16H,3,7-10H2,1-2H3,(H,19,23)/t15-,16-,18-/m1/s1. The molecule has 3 aliphatic heterocycles. The van der Waals surface area contributed by atoms with E-state index in [0.29, 0.717) is 18.8 Å². The summed E-state index contributed by atoms with van der Waals surface area (Å²) in [5.74, 6) is -0.170. The molecule has 0 aromatic carbocycles. The van der Waals surface area contributed by atoms with Crippen LogP contribution in [0.4, 0.5) is 0 Å². The van der Waals surface area contributed by atoms with E-state index in [9.17, 15) is 9.59 Å². The van der Waals surface area contributed by atoms with Gasteiger partial charge in [0.05, 0.1) is 30.9 Å². The number of furan rings is 1. The van der Waals surface area contributed by atoms with Crippen LogP contribution in [0.3, 0.4) is 0 Å². The van der Waals surface area contributed by atoms with Crippen molar-refractivity contribution < 1.29 is 18.7 Å². The molecule has 0 bridgehead atoms. The van der Waals surface area contributed by atoms with Crippen LogP contribution in [-0.4, -0.2) is 40.9 Å². The highest BCUT2D eigenvalue weighted by atomic mass is 32.2. The van der Waals surface area contributed by atoms with E-state index in [1.807, 2.05) is 0 Å². The van der Waals surface area contributed by atoms with Gasteiger partial charge in [-0.05, 0) is 37.5 Å². The lowest BCUT2D eigenvalue weighted by atomic mass is 9.84. The average molecular weight is 390 g/mol. The van der Waals surface area contributed by atoms with Crippen LogP contribution in [0.5, 0.6) is 0 Å². The predicted octanol–water partition coefficient (Wildman–Crippen LogP) is 2.64. The Balaban J connectivity index is 1.42. The summed E-state index contributed by atoms with van der Waals surface area (Å²) in [5, 5.41) is 11.9. The average Bonchev–Trinajstić information content (AvgIpc) is 3.30. The Morgan fingerprint density at radius 1 is 1.52 bits per heavy atom. The van der Waals surface area contributed by atoms with Gasteiger partial charge < -0.3 is 14.5 Å². The van der Waals surface area contributed by atoms with Gasteiger partial charge in [0.25, 0.3) is 5.91 Å². The lowest BCUT2D eigenvalue weighted by Gasteiger charge is -2.35. The second-order valence-corrected chi connectivity index (χ2v) is 8.37. The van der Waals surface area contributed by atoms with Crippen LogP contribution in [0.1, 0.15) is 32.4 Å². The van der Waals surface area contributed by atoms with Gasteiger partial charge in [-0.3, -0.25) is 9.59 Å². The molecule has 1 N–H and O–H groups in total. The van der Waals surface area contributed by atoms with Crippen molar-refractivity contribution in [3.8, 4) is 0 Å². The molecule has 144 valence electrons. The summed E-state index contributed by atoms with van der Waals surface area (Å²) in [6.45, 7) is 4.80. The van der Waals surface area contributed by atoms with Crippen molar-refractivity contribution in [2.24, 2.45) is 16.3 Å². The second-order valence-electron chi connectivity index (χ2n) is 7.16. The van der Waals surface area contributed by atoms with Crippen LogP contribution in [0, 0.1) is 5.92 Å². The molecule has 27 heavy (non-hydrogen) atoms. The number of carbonyl (C=O) groups is 2. The maximum absolute atomic E-state index is 13.0. The van der Waals surface area contributed by atoms with E-state index >= 15 is 0 Å². The number of nitrogens with one attached hydrogen (secondary N) is 1. The van der Waals surface area contributed by atoms with Gasteiger partial charge >= 0.3 is 0 Å². The van der Waals surface area contributed by atoms with Gasteiger partial charge in [-0.2, -0.15) is 5.11 Å². The molecule has 4 rings (SSSR count). The summed E-state index contributed by atoms with van der Waals surface area (Å²) >= 11 is 1.56. The van der Waals surface area contributed by atoms with Gasteiger partial charge in [0.1, 0.15) is 17.7 Å². The van der Waals surface area contributed by atoms with Crippen LogP contribution in [0.2, 0.25) is 0 Å². The Morgan fingerprint density at radius 3 is 3.11 bits per heavy atom. The Bertz CT molecular complexity index is 806. The second kappa shape index (κ2) is 7.12. The summed E-state index contributed by atoms with van der Waals surface area (Å²) in [5.41, 5.74) is 0.847. The highest BCUT2D eigenvalue weighted by Crippen LogP contribution is 2.51. The molecule has 0 unspecified atom stereocenters. The zero-order valence-electron chi connectivity index (χ0n) is 15.3. The Hall–Kier alpha value is -2.13. The maximum Gasteiger partial charge on any atom is 0.254 e. The number of nitrogens with zero attached hydrogens (tertiary/aromatic N) is 3. The largest absolute Gasteiger partial charge is 0.467 e. The van der Waals surface area contributed by atoms with E-state index in [-0.39, 0.29) is 41.8 Å². The molecule has 0 saturated carbocycles. The molecule has 0 radical (unpaired) electrons. The van der Waals surface area contributed by atoms with Crippen LogP contribution in [0.15, 0.2) is 43.6 Å². The highest BCUT2D eigenvalue weighted by molar-refractivity contribution is 8.04. The Morgan fingerprint density at radius 2 is 2.37 bits per heavy atom. The summed E-state index contributed by atoms with van der Waals surface area (Å²) in [4.78, 5) is 26.3. The number of fused-ring (bicyclic) bond motifs is 2. The fourth-order valence-corrected chi connectivity index (χ4v) is 4.75. The van der Waals surface area contributed by atoms with Crippen molar-refractivity contribution in [2.45, 2.75) is 44.2 Å². The molecule has 0 fully saturated rings. The third-order valence-corrected chi connectivity index (χ3v) is 6.55. The third-order valence-electron chi connectivity index (χ3n) is 5.27. The van der Waals surface area contributed by atoms with Crippen LogP contribution in [-0.2, 0) is 20.9 Å². The lowest BCUT2D eigenvalue weighted by Crippen LogP contribution is -2.45. The minimum Gasteiger partial charge on any atom is -0.467 e. The first-order valence-electron chi connectivity index (χ1n) is 9.03. The maximum atomic E-state index is 13.0. The molecule has 0 spiro atoms. The zero-order chi connectivity index (χ0) is 19.0. The quantitative estimate of drug-likeness (QED) is 0.834. The van der Waals surface area contributed by atoms with Crippen molar-refractivity contribution in [3.05, 3.63) is 34.6 Å². The van der Waals surface area contributed by atoms with E-state index in [2.05, 4.69) is 29.5 Å². The number of carbonyl (C=O) groups excluding carboxylic acids is 2. The normalized spacial score (nSPS) is 29.7. The number of ether oxygens (including phenoxy) is 1. The molecule has 3 aliphatic rings. The topological polar surface area (TPSA) is 96.5 Å². The highest BCUT2D eigenvalue weighted by Gasteiger charge is 2.49. The van der Waals surface area contributed by atoms with Gasteiger partial charge in [0, 0.05) is 4.91 Å². The van der Waals surface area contributed by atoms with Gasteiger partial charge in [0.2, 0.25) is 5.91 Å². The van der Waals surface area contributed by atoms with Gasteiger partial charge in [-0.15, -0.1) is 0 Å². The first-order chi connectivity index (χ1) is 13.0. The fraction of sp³-hybridized carbons (Fsp3) is 0.556. The molecule has 3 atom stereocenters. The number of thioether (sulfide) groups is 1. The van der Waals surface area contributed by atoms with E-state index in [1.54, 1.807) is 30.2 Å². The monoisotopic (exact) mass is 390 g/mol. The smallest absolute Gasteiger partial charge is 0.254 e. The Labute approximate surface area is 161 Å². The van der Waals surface area contributed by atoms with Crippen molar-refractivity contribution in [1.82, 2.24) is 10.3 Å². The molecule has 9 heteroatoms. The van der Waals surface area contributed by atoms with E-state index in [1.165, 1.54) is 5.01 Å². The summed E-state index contributed by atoms with van der Waals surface area (Å²) in [7, 11) is 0. The summed E-state index contributed by atoms with van der Waals surface area (Å²) in [6, 6.07) is 3.53. The number of hydrogen-bond donors (Lipinski definition) is 1. The van der Waals surface area contributed by atoms with E-state index in [4.69, 9.17) is 9.15 Å². The molecular formula is C18H22N4O4S. The number of rotatable bonds is 5. The van der Waals surface area contributed by atoms with Gasteiger partial charge in [-0.1, -0.05) is 23.9 Å². The number of hydrogen-bond acceptors (Lipinski definition) is 7. The lowest BCUT2D eigenvalue weighted by molar-refractivity contribution is -0.141. The van der Waals surface area contributed by atoms with Gasteiger partial charge in [-0.25, -0.2) is 5.01 Å². The predicted molar refractivity (Wildman–Crippen MR) is 98.3 cm³/mol. The molecule has 1 aromatic rings. The van der Waals surface area contributed by atoms with Crippen LogP contribution < -0.4 is 5.32 Å². The van der Waals surface area contributed by atoms with Crippen LogP contribution >= 0.6 is 11.8 Å². The first kappa shape index (κ1) is 18.2. The molecule has 0 saturated heterocycles. The summed E-state index contributed by atoms with van der Waals surface area (Å²) < 4.78 is 11.2. The fourth-order valence-electron chi connectivity index (χ4n) is 3.47. The first-order valence-corrected chi connectivity index (χ1v) is 9.91. The van der Waals surface area contributed by atoms with Crippen molar-refractivity contribution in [2.75, 3.05) is 13.2 Å². The molecule has 8 nitrogen and oxygen atoms in total. The SMILES string of the molecule is CC[C@]1(C)CC2=C(CO1)S[C@H]1N=NN(CC(=O)NCc3ccco3)C(=O)[C@H]21. The summed E-state index contributed by atoms with van der Waals surface area (Å²) in [6.07, 6.45) is 3.14. The molecule has 0 aliphatic carbocycles. The van der Waals surface area contributed by atoms with Crippen molar-refractivity contribution in [1.29, 1.82) is 0 Å². The minimum absolute atomic E-state index is 0.152. The van der Waals surface area contributed by atoms with E-state index < -0.39 is 0 Å². The van der Waals surface area contributed by atoms with Gasteiger partial charge in [0.15, 0.2) is 0 Å². The third kappa shape index (κ3) is 3.53. The molecular weight excluding hydrogens is 368 g/mol. The zero-order valence-corrected chi connectivity index (χ0v) is 16.1. The minimum atomic E-state index is -0.352. The molecule has 4 heterocycles. The van der Waals surface area contributed by atoms with E-state index in [0.717, 1.165) is 16.9 Å². The Kier molecular flexibility index (Phi) is 4.81. The number of amides is 2. The van der Waals surface area contributed by atoms with Crippen molar-refractivity contribution >= 4 is 23.6 Å². The van der Waals surface area contributed by atoms with Crippen molar-refractivity contribution in [3.63, 3.8) is 0 Å². The molecule has 1 aromatic heterocycles. The molecule has 2 amide bonds. The van der Waals surface area contributed by atoms with Crippen LogP contribution in [0.25, 0.3) is 0 Å².